The highest BCUT2D eigenvalue weighted by molar-refractivity contribution is 5.88. The number of amides is 2. The fourth-order valence-electron chi connectivity index (χ4n) is 2.91. The highest BCUT2D eigenvalue weighted by Crippen LogP contribution is 2.20. The summed E-state index contributed by atoms with van der Waals surface area (Å²) in [4.78, 5) is 29.6. The van der Waals surface area contributed by atoms with E-state index in [2.05, 4.69) is 31.1 Å². The van der Waals surface area contributed by atoms with E-state index in [4.69, 9.17) is 10.2 Å². The normalized spacial score (nSPS) is 15.9. The van der Waals surface area contributed by atoms with Crippen LogP contribution in [0.5, 0.6) is 0 Å². The molecule has 1 aromatic carbocycles. The Labute approximate surface area is 166 Å². The van der Waals surface area contributed by atoms with Gasteiger partial charge in [-0.25, -0.2) is 4.98 Å². The van der Waals surface area contributed by atoms with Crippen molar-refractivity contribution in [2.75, 3.05) is 13.1 Å². The van der Waals surface area contributed by atoms with E-state index in [1.165, 1.54) is 6.39 Å². The van der Waals surface area contributed by atoms with E-state index in [0.717, 1.165) is 23.5 Å². The van der Waals surface area contributed by atoms with Crippen LogP contribution in [0.3, 0.4) is 0 Å². The van der Waals surface area contributed by atoms with Crippen LogP contribution in [0.25, 0.3) is 11.3 Å². The van der Waals surface area contributed by atoms with Gasteiger partial charge in [-0.05, 0) is 24.3 Å². The second-order valence-electron chi connectivity index (χ2n) is 7.46. The average molecular weight is 386 g/mol. The lowest BCUT2D eigenvalue weighted by atomic mass is 10.1. The van der Waals surface area contributed by atoms with Crippen molar-refractivity contribution in [1.29, 1.82) is 0 Å². The predicted octanol–water partition coefficient (Wildman–Crippen LogP) is 2.57. The number of carbonyl (C=O) groups is 2. The smallest absolute Gasteiger partial charge is 0.243 e. The Morgan fingerprint density at radius 2 is 1.96 bits per heavy atom. The first-order chi connectivity index (χ1) is 13.4. The van der Waals surface area contributed by atoms with Gasteiger partial charge in [-0.2, -0.15) is 0 Å². The van der Waals surface area contributed by atoms with Crippen LogP contribution in [0, 0.1) is 5.92 Å². The standard InChI is InChI=1S/C17H20N4O3.C4H10/c18-8-16(22)21-7-1-2-14(21)17(23)20-9-12-3-5-13(6-4-12)15-10-19-11-24-15;1-4(2)3/h3-6,10-11,14H,1-2,7-9,18H2,(H,20,23);4H,1-3H3. The van der Waals surface area contributed by atoms with Gasteiger partial charge in [-0.3, -0.25) is 9.59 Å². The van der Waals surface area contributed by atoms with Crippen LogP contribution in [0.2, 0.25) is 0 Å². The molecule has 3 rings (SSSR count). The van der Waals surface area contributed by atoms with Gasteiger partial charge in [-0.1, -0.05) is 45.0 Å². The second-order valence-corrected chi connectivity index (χ2v) is 7.46. The molecule has 0 spiro atoms. The van der Waals surface area contributed by atoms with E-state index in [1.807, 2.05) is 24.3 Å². The third-order valence-electron chi connectivity index (χ3n) is 4.19. The number of oxazole rings is 1. The first-order valence-electron chi connectivity index (χ1n) is 9.67. The van der Waals surface area contributed by atoms with Crippen LogP contribution in [-0.2, 0) is 16.1 Å². The maximum atomic E-state index is 12.3. The summed E-state index contributed by atoms with van der Waals surface area (Å²) >= 11 is 0. The molecule has 0 saturated carbocycles. The molecule has 1 aliphatic heterocycles. The van der Waals surface area contributed by atoms with Crippen LogP contribution in [-0.4, -0.2) is 40.8 Å². The molecule has 1 unspecified atom stereocenters. The summed E-state index contributed by atoms with van der Waals surface area (Å²) in [6.45, 7) is 7.45. The van der Waals surface area contributed by atoms with E-state index in [9.17, 15) is 9.59 Å². The number of nitrogens with zero attached hydrogens (tertiary/aromatic N) is 2. The molecule has 7 nitrogen and oxygen atoms in total. The van der Waals surface area contributed by atoms with Crippen LogP contribution < -0.4 is 11.1 Å². The second kappa shape index (κ2) is 10.6. The Bertz CT molecular complexity index is 739. The van der Waals surface area contributed by atoms with Crippen molar-refractivity contribution in [2.45, 2.75) is 46.2 Å². The molecule has 152 valence electrons. The van der Waals surface area contributed by atoms with E-state index in [-0.39, 0.29) is 18.4 Å². The van der Waals surface area contributed by atoms with Gasteiger partial charge in [0, 0.05) is 18.7 Å². The Kier molecular flexibility index (Phi) is 8.19. The fraction of sp³-hybridized carbons (Fsp3) is 0.476. The number of carbonyl (C=O) groups excluding carboxylic acids is 2. The van der Waals surface area contributed by atoms with Crippen LogP contribution in [0.1, 0.15) is 39.2 Å². The number of hydrogen-bond acceptors (Lipinski definition) is 5. The van der Waals surface area contributed by atoms with Gasteiger partial charge in [0.1, 0.15) is 6.04 Å². The zero-order valence-corrected chi connectivity index (χ0v) is 16.9. The lowest BCUT2D eigenvalue weighted by Crippen LogP contribution is -2.47. The van der Waals surface area contributed by atoms with E-state index < -0.39 is 6.04 Å². The number of hydrogen-bond donors (Lipinski definition) is 2. The Morgan fingerprint density at radius 3 is 2.54 bits per heavy atom. The molecule has 0 bridgehead atoms. The number of aromatic nitrogens is 1. The van der Waals surface area contributed by atoms with Gasteiger partial charge >= 0.3 is 0 Å². The Balaban J connectivity index is 0.000000640. The maximum Gasteiger partial charge on any atom is 0.243 e. The van der Waals surface area contributed by atoms with Gasteiger partial charge in [0.2, 0.25) is 11.8 Å². The minimum Gasteiger partial charge on any atom is -0.444 e. The molecule has 3 N–H and O–H groups in total. The molecule has 1 saturated heterocycles. The molecule has 1 aromatic heterocycles. The molecule has 28 heavy (non-hydrogen) atoms. The maximum absolute atomic E-state index is 12.3. The van der Waals surface area contributed by atoms with Crippen LogP contribution in [0.4, 0.5) is 0 Å². The summed E-state index contributed by atoms with van der Waals surface area (Å²) in [5, 5.41) is 2.89. The number of nitrogens with one attached hydrogen (secondary N) is 1. The van der Waals surface area contributed by atoms with Crippen molar-refractivity contribution in [1.82, 2.24) is 15.2 Å². The first-order valence-corrected chi connectivity index (χ1v) is 9.67. The molecule has 1 fully saturated rings. The number of nitrogens with two attached hydrogens (primary N) is 1. The highest BCUT2D eigenvalue weighted by atomic mass is 16.3. The quantitative estimate of drug-likeness (QED) is 0.822. The van der Waals surface area contributed by atoms with Crippen molar-refractivity contribution >= 4 is 11.8 Å². The van der Waals surface area contributed by atoms with Crippen molar-refractivity contribution < 1.29 is 14.0 Å². The molecule has 0 radical (unpaired) electrons. The van der Waals surface area contributed by atoms with Crippen molar-refractivity contribution in [3.8, 4) is 11.3 Å². The van der Waals surface area contributed by atoms with E-state index in [0.29, 0.717) is 25.3 Å². The van der Waals surface area contributed by atoms with E-state index in [1.54, 1.807) is 11.1 Å². The molecule has 2 heterocycles. The van der Waals surface area contributed by atoms with Crippen LogP contribution in [0.15, 0.2) is 41.3 Å². The molecule has 7 heteroatoms. The first kappa shape index (κ1) is 21.6. The summed E-state index contributed by atoms with van der Waals surface area (Å²) in [6, 6.07) is 7.28. The minimum absolute atomic E-state index is 0.0626. The monoisotopic (exact) mass is 386 g/mol. The SMILES string of the molecule is CC(C)C.NCC(=O)N1CCCC1C(=O)NCc1ccc(-c2cnco2)cc1. The van der Waals surface area contributed by atoms with Crippen molar-refractivity contribution in [3.63, 3.8) is 0 Å². The number of benzene rings is 1. The van der Waals surface area contributed by atoms with E-state index >= 15 is 0 Å². The zero-order chi connectivity index (χ0) is 20.5. The van der Waals surface area contributed by atoms with Crippen LogP contribution >= 0.6 is 0 Å². The van der Waals surface area contributed by atoms with Gasteiger partial charge in [-0.15, -0.1) is 0 Å². The lowest BCUT2D eigenvalue weighted by Gasteiger charge is -2.23. The van der Waals surface area contributed by atoms with Gasteiger partial charge in [0.15, 0.2) is 12.2 Å². The summed E-state index contributed by atoms with van der Waals surface area (Å²) in [5.41, 5.74) is 7.30. The summed E-state index contributed by atoms with van der Waals surface area (Å²) in [6.07, 6.45) is 4.55. The van der Waals surface area contributed by atoms with Crippen molar-refractivity contribution in [3.05, 3.63) is 42.4 Å². The minimum atomic E-state index is -0.408. The van der Waals surface area contributed by atoms with Gasteiger partial charge in [0.25, 0.3) is 0 Å². The Hall–Kier alpha value is -2.67. The van der Waals surface area contributed by atoms with Gasteiger partial charge < -0.3 is 20.4 Å². The molecule has 1 aliphatic rings. The molecule has 2 aromatic rings. The lowest BCUT2D eigenvalue weighted by molar-refractivity contribution is -0.137. The predicted molar refractivity (Wildman–Crippen MR) is 108 cm³/mol. The summed E-state index contributed by atoms with van der Waals surface area (Å²) in [7, 11) is 0. The number of rotatable bonds is 5. The largest absolute Gasteiger partial charge is 0.444 e. The molecular formula is C21H30N4O3. The molecule has 0 aliphatic carbocycles. The number of likely N-dealkylation sites (tertiary alicyclic amines) is 1. The van der Waals surface area contributed by atoms with Crippen molar-refractivity contribution in [2.24, 2.45) is 11.7 Å². The molecular weight excluding hydrogens is 356 g/mol. The molecule has 1 atom stereocenters. The fourth-order valence-corrected chi connectivity index (χ4v) is 2.91. The topological polar surface area (TPSA) is 101 Å². The average Bonchev–Trinajstić information content (AvgIpc) is 3.37. The third-order valence-corrected chi connectivity index (χ3v) is 4.19. The summed E-state index contributed by atoms with van der Waals surface area (Å²) < 4.78 is 5.24. The zero-order valence-electron chi connectivity index (χ0n) is 16.9. The Morgan fingerprint density at radius 1 is 1.29 bits per heavy atom. The van der Waals surface area contributed by atoms with Gasteiger partial charge in [0.05, 0.1) is 12.7 Å². The highest BCUT2D eigenvalue weighted by Gasteiger charge is 2.33. The summed E-state index contributed by atoms with van der Waals surface area (Å²) in [5.74, 6) is 1.23. The third kappa shape index (κ3) is 6.20. The molecule has 2 amide bonds.